The van der Waals surface area contributed by atoms with Gasteiger partial charge in [0, 0.05) is 49.7 Å². The van der Waals surface area contributed by atoms with Crippen LogP contribution in [0.15, 0.2) is 41.8 Å². The lowest BCUT2D eigenvalue weighted by Crippen LogP contribution is -2.40. The lowest BCUT2D eigenvalue weighted by molar-refractivity contribution is 0.588. The number of sulfonamides is 1. The zero-order chi connectivity index (χ0) is 22.1. The van der Waals surface area contributed by atoms with Gasteiger partial charge in [0.2, 0.25) is 10.0 Å². The molecule has 0 aliphatic rings. The van der Waals surface area contributed by atoms with Crippen LogP contribution in [0, 0.1) is 0 Å². The molecule has 0 aliphatic carbocycles. The molecular weight excluding hydrogens is 543 g/mol. The number of guanidine groups is 1. The summed E-state index contributed by atoms with van der Waals surface area (Å²) in [6.45, 7) is 4.67. The van der Waals surface area contributed by atoms with E-state index in [0.717, 1.165) is 30.4 Å². The third-order valence-corrected chi connectivity index (χ3v) is 5.49. The van der Waals surface area contributed by atoms with Gasteiger partial charge in [0.25, 0.3) is 0 Å². The Morgan fingerprint density at radius 2 is 1.97 bits per heavy atom. The van der Waals surface area contributed by atoms with E-state index in [9.17, 15) is 8.42 Å². The van der Waals surface area contributed by atoms with Crippen molar-refractivity contribution in [1.29, 1.82) is 0 Å². The Kier molecular flexibility index (Phi) is 10.4. The van der Waals surface area contributed by atoms with Crippen molar-refractivity contribution in [2.24, 2.45) is 4.99 Å². The van der Waals surface area contributed by atoms with Crippen molar-refractivity contribution < 1.29 is 8.42 Å². The third kappa shape index (κ3) is 8.06. The Labute approximate surface area is 205 Å². The number of nitrogens with zero attached hydrogens (tertiary/aromatic N) is 4. The normalized spacial score (nSPS) is 12.0. The van der Waals surface area contributed by atoms with E-state index in [-0.39, 0.29) is 30.5 Å². The van der Waals surface area contributed by atoms with Crippen LogP contribution in [0.25, 0.3) is 10.9 Å². The molecule has 32 heavy (non-hydrogen) atoms. The number of halogens is 1. The molecule has 0 fully saturated rings. The smallest absolute Gasteiger partial charge is 0.208 e. The second kappa shape index (κ2) is 12.7. The van der Waals surface area contributed by atoms with E-state index in [2.05, 4.69) is 47.7 Å². The summed E-state index contributed by atoms with van der Waals surface area (Å²) in [6, 6.07) is 8.21. The summed E-state index contributed by atoms with van der Waals surface area (Å²) in [5, 5.41) is 15.9. The first kappa shape index (κ1) is 26.1. The van der Waals surface area contributed by atoms with Crippen LogP contribution in [0.5, 0.6) is 0 Å². The average molecular weight is 574 g/mol. The molecule has 12 heteroatoms. The lowest BCUT2D eigenvalue weighted by Gasteiger charge is -2.13. The number of benzene rings is 1. The fraction of sp³-hybridized carbons (Fsp3) is 0.450. The van der Waals surface area contributed by atoms with Gasteiger partial charge in [0.05, 0.1) is 12.8 Å². The topological polar surface area (TPSA) is 129 Å². The van der Waals surface area contributed by atoms with E-state index in [1.54, 1.807) is 6.33 Å². The number of aromatic nitrogens is 4. The largest absolute Gasteiger partial charge is 0.361 e. The molecule has 0 aliphatic heterocycles. The number of hydrogen-bond acceptors (Lipinski definition) is 5. The van der Waals surface area contributed by atoms with Crippen molar-refractivity contribution in [2.45, 2.75) is 26.3 Å². The number of hydrogen-bond donors (Lipinski definition) is 4. The van der Waals surface area contributed by atoms with Crippen LogP contribution in [0.2, 0.25) is 0 Å². The van der Waals surface area contributed by atoms with E-state index in [1.807, 2.05) is 29.8 Å². The number of H-pyrrole nitrogens is 1. The summed E-state index contributed by atoms with van der Waals surface area (Å²) in [6.07, 6.45) is 6.54. The monoisotopic (exact) mass is 574 g/mol. The maximum absolute atomic E-state index is 11.2. The zero-order valence-corrected chi connectivity index (χ0v) is 21.5. The maximum Gasteiger partial charge on any atom is 0.208 e. The quantitative estimate of drug-likeness (QED) is 0.118. The van der Waals surface area contributed by atoms with Gasteiger partial charge in [0.15, 0.2) is 5.96 Å². The molecule has 0 saturated heterocycles. The molecule has 2 heterocycles. The van der Waals surface area contributed by atoms with Gasteiger partial charge >= 0.3 is 0 Å². The number of aryl methyl sites for hydroxylation is 1. The van der Waals surface area contributed by atoms with Gasteiger partial charge in [-0.3, -0.25) is 4.99 Å². The van der Waals surface area contributed by atoms with E-state index >= 15 is 0 Å². The summed E-state index contributed by atoms with van der Waals surface area (Å²) in [5.41, 5.74) is 2.36. The first-order valence-electron chi connectivity index (χ1n) is 10.3. The van der Waals surface area contributed by atoms with Crippen LogP contribution < -0.4 is 15.4 Å². The van der Waals surface area contributed by atoms with Gasteiger partial charge in [-0.1, -0.05) is 25.1 Å². The van der Waals surface area contributed by atoms with Crippen LogP contribution in [-0.2, 0) is 29.4 Å². The molecule has 1 aromatic carbocycles. The Hall–Kier alpha value is -2.19. The number of para-hydroxylation sites is 1. The Morgan fingerprint density at radius 3 is 2.75 bits per heavy atom. The van der Waals surface area contributed by atoms with Crippen molar-refractivity contribution in [2.75, 3.05) is 32.4 Å². The summed E-state index contributed by atoms with van der Waals surface area (Å²) >= 11 is 0. The van der Waals surface area contributed by atoms with Crippen molar-refractivity contribution in [1.82, 2.24) is 35.1 Å². The predicted molar refractivity (Wildman–Crippen MR) is 138 cm³/mol. The van der Waals surface area contributed by atoms with Crippen LogP contribution in [-0.4, -0.2) is 66.6 Å². The highest BCUT2D eigenvalue weighted by Gasteiger charge is 2.06. The first-order valence-corrected chi connectivity index (χ1v) is 12.2. The molecule has 176 valence electrons. The van der Waals surface area contributed by atoms with Crippen LogP contribution >= 0.6 is 24.0 Å². The zero-order valence-electron chi connectivity index (χ0n) is 18.3. The van der Waals surface area contributed by atoms with Gasteiger partial charge in [-0.2, -0.15) is 0 Å². The summed E-state index contributed by atoms with van der Waals surface area (Å²) < 4.78 is 26.9. The van der Waals surface area contributed by atoms with Crippen LogP contribution in [0.1, 0.15) is 18.3 Å². The Bertz CT molecular complexity index is 1110. The van der Waals surface area contributed by atoms with Crippen molar-refractivity contribution >= 4 is 50.9 Å². The van der Waals surface area contributed by atoms with Crippen molar-refractivity contribution in [3.05, 3.63) is 48.2 Å². The fourth-order valence-corrected chi connectivity index (χ4v) is 3.72. The Balaban J connectivity index is 0.00000363. The van der Waals surface area contributed by atoms with E-state index < -0.39 is 10.0 Å². The molecule has 0 saturated carbocycles. The minimum absolute atomic E-state index is 0. The second-order valence-corrected chi connectivity index (χ2v) is 8.99. The summed E-state index contributed by atoms with van der Waals surface area (Å²) in [7, 11) is -3.22. The summed E-state index contributed by atoms with van der Waals surface area (Å²) in [4.78, 5) is 7.78. The number of aromatic amines is 1. The number of nitrogens with one attached hydrogen (secondary N) is 4. The molecule has 0 spiro atoms. The van der Waals surface area contributed by atoms with Gasteiger partial charge in [0.1, 0.15) is 12.2 Å². The maximum atomic E-state index is 11.2. The molecule has 0 unspecified atom stereocenters. The SMILES string of the molecule is CCc1nncn1CCNC(=NCCNS(C)(=O)=O)NCCc1c[nH]c2ccccc12.I. The second-order valence-electron chi connectivity index (χ2n) is 7.15. The number of aliphatic imine (C=N–C) groups is 1. The minimum Gasteiger partial charge on any atom is -0.361 e. The molecule has 3 aromatic rings. The van der Waals surface area contributed by atoms with Crippen molar-refractivity contribution in [3.63, 3.8) is 0 Å². The standard InChI is InChI=1S/C20H30N8O2S.HI/c1-3-19-27-25-15-28(19)13-12-23-20(22-10-11-26-31(2,29)30)21-9-8-16-14-24-18-7-5-4-6-17(16)18;/h4-7,14-15,24,26H,3,8-13H2,1-2H3,(H2,21,22,23);1H. The van der Waals surface area contributed by atoms with Gasteiger partial charge in [-0.05, 0) is 18.1 Å². The molecule has 2 aromatic heterocycles. The van der Waals surface area contributed by atoms with Crippen LogP contribution in [0.4, 0.5) is 0 Å². The van der Waals surface area contributed by atoms with Gasteiger partial charge in [-0.25, -0.2) is 13.1 Å². The van der Waals surface area contributed by atoms with E-state index in [4.69, 9.17) is 0 Å². The third-order valence-electron chi connectivity index (χ3n) is 4.76. The molecular formula is C20H31IN8O2S. The van der Waals surface area contributed by atoms with Crippen molar-refractivity contribution in [3.8, 4) is 0 Å². The molecule has 0 bridgehead atoms. The van der Waals surface area contributed by atoms with Crippen LogP contribution in [0.3, 0.4) is 0 Å². The molecule has 0 radical (unpaired) electrons. The van der Waals surface area contributed by atoms with Gasteiger partial charge in [-0.15, -0.1) is 34.2 Å². The first-order chi connectivity index (χ1) is 15.0. The fourth-order valence-electron chi connectivity index (χ4n) is 3.26. The number of rotatable bonds is 11. The summed E-state index contributed by atoms with van der Waals surface area (Å²) in [5.74, 6) is 1.58. The van der Waals surface area contributed by atoms with E-state index in [0.29, 0.717) is 32.1 Å². The number of fused-ring (bicyclic) bond motifs is 1. The minimum atomic E-state index is -3.22. The molecule has 10 nitrogen and oxygen atoms in total. The molecule has 3 rings (SSSR count). The highest BCUT2D eigenvalue weighted by atomic mass is 127. The molecule has 0 amide bonds. The predicted octanol–water partition coefficient (Wildman–Crippen LogP) is 1.27. The Morgan fingerprint density at radius 1 is 1.19 bits per heavy atom. The molecule has 0 atom stereocenters. The highest BCUT2D eigenvalue weighted by Crippen LogP contribution is 2.17. The van der Waals surface area contributed by atoms with Gasteiger partial charge < -0.3 is 20.2 Å². The molecule has 4 N–H and O–H groups in total. The van der Waals surface area contributed by atoms with E-state index in [1.165, 1.54) is 10.9 Å². The highest BCUT2D eigenvalue weighted by molar-refractivity contribution is 14.0. The average Bonchev–Trinajstić information content (AvgIpc) is 3.37. The lowest BCUT2D eigenvalue weighted by atomic mass is 10.1.